The van der Waals surface area contributed by atoms with Crippen LogP contribution >= 0.6 is 0 Å². The van der Waals surface area contributed by atoms with Crippen LogP contribution < -0.4 is 0 Å². The van der Waals surface area contributed by atoms with Gasteiger partial charge in [0.1, 0.15) is 0 Å². The number of aromatic nitrogens is 4. The van der Waals surface area contributed by atoms with Crippen LogP contribution in [0.1, 0.15) is 11.4 Å². The second-order valence-electron chi connectivity index (χ2n) is 12.4. The Kier molecular flexibility index (Phi) is 8.34. The Morgan fingerprint density at radius 3 is 1.22 bits per heavy atom. The molecule has 0 saturated heterocycles. The fourth-order valence-electron chi connectivity index (χ4n) is 6.49. The molecule has 8 aromatic rings. The number of pyridine rings is 1. The van der Waals surface area contributed by atoms with Gasteiger partial charge in [0, 0.05) is 28.1 Å². The van der Waals surface area contributed by atoms with E-state index in [1.807, 2.05) is 56.3 Å². The molecule has 0 N–H and O–H groups in total. The van der Waals surface area contributed by atoms with E-state index in [0.717, 1.165) is 33.6 Å². The molecule has 238 valence electrons. The Bertz CT molecular complexity index is 2350. The van der Waals surface area contributed by atoms with Gasteiger partial charge in [0.15, 0.2) is 17.5 Å². The van der Waals surface area contributed by atoms with E-state index in [4.69, 9.17) is 19.9 Å². The maximum absolute atomic E-state index is 5.01. The predicted octanol–water partition coefficient (Wildman–Crippen LogP) is 11.6. The summed E-state index contributed by atoms with van der Waals surface area (Å²) in [6, 6.07) is 59.3. The lowest BCUT2D eigenvalue weighted by Crippen LogP contribution is -2.02. The van der Waals surface area contributed by atoms with Gasteiger partial charge < -0.3 is 0 Å². The summed E-state index contributed by atoms with van der Waals surface area (Å²) >= 11 is 0. The molecular formula is C46H34N4. The van der Waals surface area contributed by atoms with Crippen molar-refractivity contribution in [2.45, 2.75) is 13.8 Å². The Labute approximate surface area is 292 Å². The average Bonchev–Trinajstić information content (AvgIpc) is 3.18. The highest BCUT2D eigenvalue weighted by Crippen LogP contribution is 2.43. The van der Waals surface area contributed by atoms with Crippen LogP contribution in [0, 0.1) is 13.8 Å². The topological polar surface area (TPSA) is 51.6 Å². The van der Waals surface area contributed by atoms with E-state index in [2.05, 4.69) is 127 Å². The molecule has 0 saturated carbocycles. The summed E-state index contributed by atoms with van der Waals surface area (Å²) in [5.74, 6) is 1.85. The fraction of sp³-hybridized carbons (Fsp3) is 0.0435. The highest BCUT2D eigenvalue weighted by molar-refractivity contribution is 5.98. The summed E-state index contributed by atoms with van der Waals surface area (Å²) in [5.41, 5.74) is 13.9. The first-order chi connectivity index (χ1) is 24.6. The molecule has 0 spiro atoms. The SMILES string of the molecule is Cc1ccc(-c2nc(-c3ccccc3)nc(-c3ccc(-c4c(-c5ccccc5)cc(-c5ccccc5)cc4-c4ccccc4)cc3)n2)c(C)n1. The van der Waals surface area contributed by atoms with Gasteiger partial charge in [0.05, 0.1) is 0 Å². The van der Waals surface area contributed by atoms with Crippen LogP contribution in [0.15, 0.2) is 170 Å². The Hall–Kier alpha value is -6.52. The van der Waals surface area contributed by atoms with Crippen molar-refractivity contribution in [1.29, 1.82) is 0 Å². The molecule has 0 unspecified atom stereocenters. The number of rotatable bonds is 7. The van der Waals surface area contributed by atoms with Crippen LogP contribution in [0.25, 0.3) is 78.7 Å². The van der Waals surface area contributed by atoms with Crippen molar-refractivity contribution < 1.29 is 0 Å². The molecule has 0 fully saturated rings. The average molecular weight is 643 g/mol. The molecule has 8 rings (SSSR count). The van der Waals surface area contributed by atoms with Gasteiger partial charge in [-0.05, 0) is 82.6 Å². The minimum atomic E-state index is 0.608. The zero-order valence-corrected chi connectivity index (χ0v) is 28.0. The smallest absolute Gasteiger partial charge is 0.165 e. The second-order valence-corrected chi connectivity index (χ2v) is 12.4. The van der Waals surface area contributed by atoms with Crippen molar-refractivity contribution in [1.82, 2.24) is 19.9 Å². The summed E-state index contributed by atoms with van der Waals surface area (Å²) in [6.07, 6.45) is 0. The molecule has 0 aliphatic carbocycles. The van der Waals surface area contributed by atoms with E-state index in [1.165, 1.54) is 38.9 Å². The predicted molar refractivity (Wildman–Crippen MR) is 205 cm³/mol. The molecule has 0 atom stereocenters. The summed E-state index contributed by atoms with van der Waals surface area (Å²) in [7, 11) is 0. The third-order valence-electron chi connectivity index (χ3n) is 8.98. The quantitative estimate of drug-likeness (QED) is 0.174. The molecule has 50 heavy (non-hydrogen) atoms. The molecule has 0 aliphatic heterocycles. The molecule has 0 amide bonds. The zero-order valence-electron chi connectivity index (χ0n) is 28.0. The normalized spacial score (nSPS) is 11.0. The van der Waals surface area contributed by atoms with Gasteiger partial charge in [0.25, 0.3) is 0 Å². The molecule has 2 heterocycles. The van der Waals surface area contributed by atoms with Gasteiger partial charge in [-0.15, -0.1) is 0 Å². The third kappa shape index (κ3) is 6.23. The monoisotopic (exact) mass is 642 g/mol. The van der Waals surface area contributed by atoms with Crippen molar-refractivity contribution in [2.75, 3.05) is 0 Å². The fourth-order valence-corrected chi connectivity index (χ4v) is 6.49. The van der Waals surface area contributed by atoms with Gasteiger partial charge in [-0.1, -0.05) is 146 Å². The minimum absolute atomic E-state index is 0.608. The molecule has 0 radical (unpaired) electrons. The number of aryl methyl sites for hydroxylation is 2. The highest BCUT2D eigenvalue weighted by atomic mass is 15.0. The van der Waals surface area contributed by atoms with Crippen LogP contribution in [0.5, 0.6) is 0 Å². The second kappa shape index (κ2) is 13.5. The van der Waals surface area contributed by atoms with Gasteiger partial charge in [-0.2, -0.15) is 0 Å². The van der Waals surface area contributed by atoms with E-state index in [-0.39, 0.29) is 0 Å². The van der Waals surface area contributed by atoms with E-state index >= 15 is 0 Å². The summed E-state index contributed by atoms with van der Waals surface area (Å²) < 4.78 is 0. The third-order valence-corrected chi connectivity index (χ3v) is 8.98. The first-order valence-electron chi connectivity index (χ1n) is 16.8. The first kappa shape index (κ1) is 30.8. The Morgan fingerprint density at radius 1 is 0.300 bits per heavy atom. The number of hydrogen-bond acceptors (Lipinski definition) is 4. The lowest BCUT2D eigenvalue weighted by atomic mass is 9.84. The van der Waals surface area contributed by atoms with Crippen LogP contribution in [-0.4, -0.2) is 19.9 Å². The minimum Gasteiger partial charge on any atom is -0.258 e. The lowest BCUT2D eigenvalue weighted by molar-refractivity contribution is 1.05. The largest absolute Gasteiger partial charge is 0.258 e. The molecule has 4 heteroatoms. The number of benzene rings is 6. The van der Waals surface area contributed by atoms with Gasteiger partial charge >= 0.3 is 0 Å². The summed E-state index contributed by atoms with van der Waals surface area (Å²) in [4.78, 5) is 19.6. The molecule has 0 aliphatic rings. The molecule has 6 aromatic carbocycles. The van der Waals surface area contributed by atoms with Crippen molar-refractivity contribution in [2.24, 2.45) is 0 Å². The maximum atomic E-state index is 5.01. The zero-order chi connectivity index (χ0) is 33.9. The van der Waals surface area contributed by atoms with Gasteiger partial charge in [-0.25, -0.2) is 15.0 Å². The van der Waals surface area contributed by atoms with Crippen molar-refractivity contribution in [3.8, 4) is 78.7 Å². The molecule has 4 nitrogen and oxygen atoms in total. The van der Waals surface area contributed by atoms with Crippen molar-refractivity contribution in [3.05, 3.63) is 181 Å². The summed E-state index contributed by atoms with van der Waals surface area (Å²) in [6.45, 7) is 3.99. The highest BCUT2D eigenvalue weighted by Gasteiger charge is 2.19. The molecule has 0 bridgehead atoms. The number of nitrogens with zero attached hydrogens (tertiary/aromatic N) is 4. The van der Waals surface area contributed by atoms with Gasteiger partial charge in [0.2, 0.25) is 0 Å². The van der Waals surface area contributed by atoms with Crippen LogP contribution in [-0.2, 0) is 0 Å². The van der Waals surface area contributed by atoms with E-state index < -0.39 is 0 Å². The van der Waals surface area contributed by atoms with Crippen LogP contribution in [0.2, 0.25) is 0 Å². The van der Waals surface area contributed by atoms with Crippen molar-refractivity contribution >= 4 is 0 Å². The Balaban J connectivity index is 1.30. The van der Waals surface area contributed by atoms with E-state index in [9.17, 15) is 0 Å². The van der Waals surface area contributed by atoms with Gasteiger partial charge in [-0.3, -0.25) is 4.98 Å². The van der Waals surface area contributed by atoms with Crippen LogP contribution in [0.4, 0.5) is 0 Å². The van der Waals surface area contributed by atoms with E-state index in [1.54, 1.807) is 0 Å². The Morgan fingerprint density at radius 2 is 0.720 bits per heavy atom. The maximum Gasteiger partial charge on any atom is 0.165 e. The van der Waals surface area contributed by atoms with Crippen molar-refractivity contribution in [3.63, 3.8) is 0 Å². The van der Waals surface area contributed by atoms with E-state index in [0.29, 0.717) is 17.5 Å². The van der Waals surface area contributed by atoms with Crippen LogP contribution in [0.3, 0.4) is 0 Å². The molecule has 2 aromatic heterocycles. The number of hydrogen-bond donors (Lipinski definition) is 0. The summed E-state index contributed by atoms with van der Waals surface area (Å²) in [5, 5.41) is 0. The lowest BCUT2D eigenvalue weighted by Gasteiger charge is -2.19. The standard InChI is InChI=1S/C46H34N4/c1-31-23-28-40(32(2)47-31)46-49-44(37-21-13-6-14-22-37)48-45(50-46)38-26-24-36(25-27-38)43-41(34-17-9-4-10-18-34)29-39(33-15-7-3-8-16-33)30-42(43)35-19-11-5-12-20-35/h3-30H,1-2H3. The first-order valence-corrected chi connectivity index (χ1v) is 16.8. The molecular weight excluding hydrogens is 609 g/mol.